The first-order valence-electron chi connectivity index (χ1n) is 5.00. The molecule has 0 unspecified atom stereocenters. The number of benzene rings is 1. The van der Waals surface area contributed by atoms with Gasteiger partial charge in [-0.15, -0.1) is 0 Å². The molecule has 0 bridgehead atoms. The lowest BCUT2D eigenvalue weighted by atomic mass is 10.1. The van der Waals surface area contributed by atoms with Crippen molar-refractivity contribution in [2.24, 2.45) is 0 Å². The maximum Gasteiger partial charge on any atom is 0.211 e. The van der Waals surface area contributed by atoms with E-state index in [0.29, 0.717) is 10.6 Å². The first-order chi connectivity index (χ1) is 8.06. The molecule has 0 amide bonds. The second-order valence-electron chi connectivity index (χ2n) is 3.71. The quantitative estimate of drug-likeness (QED) is 0.764. The summed E-state index contributed by atoms with van der Waals surface area (Å²) in [5.74, 6) is -0.744. The summed E-state index contributed by atoms with van der Waals surface area (Å²) in [5, 5.41) is 0.456. The van der Waals surface area contributed by atoms with Gasteiger partial charge >= 0.3 is 0 Å². The Bertz CT molecular complexity index is 546. The van der Waals surface area contributed by atoms with Crippen LogP contribution in [-0.2, 0) is 0 Å². The zero-order valence-corrected chi connectivity index (χ0v) is 9.83. The summed E-state index contributed by atoms with van der Waals surface area (Å²) in [6.45, 7) is 1.73. The molecular weight excluding hydrogens is 241 g/mol. The van der Waals surface area contributed by atoms with Crippen LogP contribution in [0.25, 0.3) is 0 Å². The number of hydrogen-bond donors (Lipinski definition) is 0. The van der Waals surface area contributed by atoms with Crippen molar-refractivity contribution in [1.29, 1.82) is 0 Å². The van der Waals surface area contributed by atoms with Crippen LogP contribution in [0.5, 0.6) is 0 Å². The first-order valence-corrected chi connectivity index (χ1v) is 5.37. The summed E-state index contributed by atoms with van der Waals surface area (Å²) in [6, 6.07) is 7.29. The van der Waals surface area contributed by atoms with Gasteiger partial charge in [-0.2, -0.15) is 0 Å². The predicted molar refractivity (Wildman–Crippen MR) is 63.8 cm³/mol. The summed E-state index contributed by atoms with van der Waals surface area (Å²) >= 11 is 5.68. The standard InChI is InChI=1S/C13H9ClFNO/c1-8-4-9(6-11(15)5-8)13(17)12-3-2-10(14)7-16-12/h2-7H,1H3. The number of aromatic nitrogens is 1. The van der Waals surface area contributed by atoms with Gasteiger partial charge in [0, 0.05) is 11.8 Å². The van der Waals surface area contributed by atoms with Crippen molar-refractivity contribution >= 4 is 17.4 Å². The van der Waals surface area contributed by atoms with Crippen molar-refractivity contribution in [3.63, 3.8) is 0 Å². The number of nitrogens with zero attached hydrogens (tertiary/aromatic N) is 1. The molecule has 1 aromatic carbocycles. The highest BCUT2D eigenvalue weighted by molar-refractivity contribution is 6.30. The average Bonchev–Trinajstić information content (AvgIpc) is 2.28. The number of halogens is 2. The second-order valence-corrected chi connectivity index (χ2v) is 4.14. The Morgan fingerprint density at radius 1 is 1.29 bits per heavy atom. The van der Waals surface area contributed by atoms with E-state index >= 15 is 0 Å². The van der Waals surface area contributed by atoms with Crippen LogP contribution in [0, 0.1) is 12.7 Å². The van der Waals surface area contributed by atoms with Crippen LogP contribution in [-0.4, -0.2) is 10.8 Å². The van der Waals surface area contributed by atoms with Gasteiger partial charge in [0.1, 0.15) is 11.5 Å². The molecule has 86 valence electrons. The smallest absolute Gasteiger partial charge is 0.211 e. The predicted octanol–water partition coefficient (Wildman–Crippen LogP) is 3.41. The van der Waals surface area contributed by atoms with Gasteiger partial charge in [-0.25, -0.2) is 4.39 Å². The molecule has 0 aliphatic rings. The van der Waals surface area contributed by atoms with Crippen LogP contribution in [0.3, 0.4) is 0 Å². The lowest BCUT2D eigenvalue weighted by Crippen LogP contribution is -2.04. The van der Waals surface area contributed by atoms with E-state index in [2.05, 4.69) is 4.98 Å². The highest BCUT2D eigenvalue weighted by Crippen LogP contribution is 2.14. The van der Waals surface area contributed by atoms with Crippen LogP contribution < -0.4 is 0 Å². The molecule has 0 radical (unpaired) electrons. The van der Waals surface area contributed by atoms with Crippen molar-refractivity contribution in [2.75, 3.05) is 0 Å². The fraction of sp³-hybridized carbons (Fsp3) is 0.0769. The number of carbonyl (C=O) groups is 1. The molecule has 0 fully saturated rings. The molecule has 0 atom stereocenters. The second kappa shape index (κ2) is 4.63. The molecule has 0 aliphatic carbocycles. The number of ketones is 1. The fourth-order valence-electron chi connectivity index (χ4n) is 1.53. The summed E-state index contributed by atoms with van der Waals surface area (Å²) in [6.07, 6.45) is 1.39. The first kappa shape index (κ1) is 11.7. The Balaban J connectivity index is 2.40. The van der Waals surface area contributed by atoms with E-state index in [1.54, 1.807) is 19.1 Å². The normalized spacial score (nSPS) is 10.3. The van der Waals surface area contributed by atoms with Crippen LogP contribution >= 0.6 is 11.6 Å². The Morgan fingerprint density at radius 2 is 2.06 bits per heavy atom. The summed E-state index contributed by atoms with van der Waals surface area (Å²) in [5.41, 5.74) is 1.24. The minimum absolute atomic E-state index is 0.249. The van der Waals surface area contributed by atoms with Gasteiger partial charge in [0.25, 0.3) is 0 Å². The minimum atomic E-state index is -0.428. The number of pyridine rings is 1. The molecule has 2 aromatic rings. The van der Waals surface area contributed by atoms with Gasteiger partial charge in [0.05, 0.1) is 5.02 Å². The van der Waals surface area contributed by atoms with Crippen molar-refractivity contribution in [1.82, 2.24) is 4.98 Å². The molecule has 0 saturated carbocycles. The van der Waals surface area contributed by atoms with E-state index < -0.39 is 5.82 Å². The van der Waals surface area contributed by atoms with E-state index in [4.69, 9.17) is 11.6 Å². The van der Waals surface area contributed by atoms with Gasteiger partial charge in [-0.1, -0.05) is 11.6 Å². The van der Waals surface area contributed by atoms with E-state index in [1.165, 1.54) is 24.4 Å². The monoisotopic (exact) mass is 249 g/mol. The molecule has 2 nitrogen and oxygen atoms in total. The van der Waals surface area contributed by atoms with E-state index in [-0.39, 0.29) is 17.0 Å². The summed E-state index contributed by atoms with van der Waals surface area (Å²) in [4.78, 5) is 15.9. The Labute approximate surface area is 103 Å². The highest BCUT2D eigenvalue weighted by atomic mass is 35.5. The lowest BCUT2D eigenvalue weighted by Gasteiger charge is -2.02. The molecule has 0 saturated heterocycles. The third kappa shape index (κ3) is 2.68. The minimum Gasteiger partial charge on any atom is -0.287 e. The van der Waals surface area contributed by atoms with Crippen molar-refractivity contribution in [3.05, 3.63) is 64.2 Å². The summed E-state index contributed by atoms with van der Waals surface area (Å²) < 4.78 is 13.2. The number of carbonyl (C=O) groups excluding carboxylic acids is 1. The van der Waals surface area contributed by atoms with Crippen molar-refractivity contribution < 1.29 is 9.18 Å². The van der Waals surface area contributed by atoms with Gasteiger partial charge in [0.2, 0.25) is 5.78 Å². The molecular formula is C13H9ClFNO. The molecule has 1 aromatic heterocycles. The molecule has 0 spiro atoms. The summed E-state index contributed by atoms with van der Waals surface area (Å²) in [7, 11) is 0. The molecule has 4 heteroatoms. The van der Waals surface area contributed by atoms with Crippen LogP contribution in [0.15, 0.2) is 36.5 Å². The number of hydrogen-bond acceptors (Lipinski definition) is 2. The van der Waals surface area contributed by atoms with E-state index in [9.17, 15) is 9.18 Å². The topological polar surface area (TPSA) is 30.0 Å². The number of rotatable bonds is 2. The van der Waals surface area contributed by atoms with Gasteiger partial charge in [-0.3, -0.25) is 9.78 Å². The third-order valence-corrected chi connectivity index (χ3v) is 2.49. The molecule has 2 rings (SSSR count). The van der Waals surface area contributed by atoms with Gasteiger partial charge < -0.3 is 0 Å². The molecule has 1 heterocycles. The number of aryl methyl sites for hydroxylation is 1. The van der Waals surface area contributed by atoms with Crippen LogP contribution in [0.4, 0.5) is 4.39 Å². The fourth-order valence-corrected chi connectivity index (χ4v) is 1.64. The molecule has 0 aliphatic heterocycles. The Morgan fingerprint density at radius 3 is 2.65 bits per heavy atom. The average molecular weight is 250 g/mol. The van der Waals surface area contributed by atoms with E-state index in [1.807, 2.05) is 0 Å². The molecule has 17 heavy (non-hydrogen) atoms. The van der Waals surface area contributed by atoms with E-state index in [0.717, 1.165) is 0 Å². The van der Waals surface area contributed by atoms with Gasteiger partial charge in [0.15, 0.2) is 0 Å². The largest absolute Gasteiger partial charge is 0.287 e. The highest BCUT2D eigenvalue weighted by Gasteiger charge is 2.11. The maximum atomic E-state index is 13.2. The lowest BCUT2D eigenvalue weighted by molar-refractivity contribution is 0.103. The van der Waals surface area contributed by atoms with Crippen LogP contribution in [0.2, 0.25) is 5.02 Å². The maximum absolute atomic E-state index is 13.2. The van der Waals surface area contributed by atoms with Crippen molar-refractivity contribution in [2.45, 2.75) is 6.92 Å². The Hall–Kier alpha value is -1.74. The molecule has 0 N–H and O–H groups in total. The Kier molecular flexibility index (Phi) is 3.20. The van der Waals surface area contributed by atoms with Crippen molar-refractivity contribution in [3.8, 4) is 0 Å². The van der Waals surface area contributed by atoms with Crippen LogP contribution in [0.1, 0.15) is 21.6 Å². The third-order valence-electron chi connectivity index (χ3n) is 2.26. The zero-order chi connectivity index (χ0) is 12.4. The SMILES string of the molecule is Cc1cc(F)cc(C(=O)c2ccc(Cl)cn2)c1. The van der Waals surface area contributed by atoms with Gasteiger partial charge in [-0.05, 0) is 42.8 Å². The zero-order valence-electron chi connectivity index (χ0n) is 9.08.